The average Bonchev–Trinajstić information content (AvgIpc) is 3.28. The third kappa shape index (κ3) is 8.51. The van der Waals surface area contributed by atoms with Crippen LogP contribution in [0.15, 0.2) is 47.6 Å². The number of aliphatic carboxylic acids is 1. The SMILES string of the molecule is C=C(/C=C(\C)[C@H](CC)O[Si](CC)(CC)CC)C[C@H](C)/C=C(\C)C[C@@]1(C(=O)O)CO[C@H](c2c(C)cc(C)cc2C)O1. The topological polar surface area (TPSA) is 65.0 Å². The van der Waals surface area contributed by atoms with E-state index in [1.807, 2.05) is 20.8 Å². The van der Waals surface area contributed by atoms with Gasteiger partial charge < -0.3 is 19.0 Å². The molecule has 224 valence electrons. The molecule has 0 saturated carbocycles. The normalized spacial score (nSPS) is 21.9. The third-order valence-electron chi connectivity index (χ3n) is 8.52. The molecule has 0 unspecified atom stereocenters. The number of rotatable bonds is 15. The Morgan fingerprint density at radius 3 is 2.23 bits per heavy atom. The number of carboxylic acid groups (broad SMARTS) is 1. The van der Waals surface area contributed by atoms with Gasteiger partial charge in [-0.2, -0.15) is 0 Å². The average molecular weight is 571 g/mol. The first-order valence-electron chi connectivity index (χ1n) is 15.1. The molecule has 0 bridgehead atoms. The van der Waals surface area contributed by atoms with E-state index in [1.165, 1.54) is 5.57 Å². The lowest BCUT2D eigenvalue weighted by Crippen LogP contribution is -2.41. The minimum Gasteiger partial charge on any atom is -0.479 e. The summed E-state index contributed by atoms with van der Waals surface area (Å²) in [6.45, 7) is 25.7. The molecule has 0 radical (unpaired) electrons. The van der Waals surface area contributed by atoms with E-state index in [4.69, 9.17) is 13.9 Å². The second-order valence-corrected chi connectivity index (χ2v) is 16.8. The van der Waals surface area contributed by atoms with E-state index in [-0.39, 0.29) is 25.0 Å². The summed E-state index contributed by atoms with van der Waals surface area (Å²) in [4.78, 5) is 12.4. The van der Waals surface area contributed by atoms with Crippen molar-refractivity contribution in [3.8, 4) is 0 Å². The molecule has 1 aromatic carbocycles. The van der Waals surface area contributed by atoms with Gasteiger partial charge in [0, 0.05) is 12.0 Å². The van der Waals surface area contributed by atoms with Crippen LogP contribution in [-0.4, -0.2) is 37.7 Å². The fraction of sp³-hybridized carbons (Fsp3) is 0.618. The molecule has 4 atom stereocenters. The summed E-state index contributed by atoms with van der Waals surface area (Å²) < 4.78 is 18.9. The summed E-state index contributed by atoms with van der Waals surface area (Å²) in [5.41, 5.74) is 6.06. The van der Waals surface area contributed by atoms with Crippen molar-refractivity contribution in [3.05, 3.63) is 69.8 Å². The van der Waals surface area contributed by atoms with Gasteiger partial charge in [0.2, 0.25) is 0 Å². The van der Waals surface area contributed by atoms with Crippen LogP contribution in [0.3, 0.4) is 0 Å². The molecule has 6 heteroatoms. The molecule has 0 aliphatic carbocycles. The van der Waals surface area contributed by atoms with Gasteiger partial charge in [-0.3, -0.25) is 0 Å². The summed E-state index contributed by atoms with van der Waals surface area (Å²) in [6, 6.07) is 7.59. The van der Waals surface area contributed by atoms with Gasteiger partial charge in [-0.25, -0.2) is 4.79 Å². The number of hydrogen-bond acceptors (Lipinski definition) is 4. The highest BCUT2D eigenvalue weighted by Crippen LogP contribution is 2.40. The maximum atomic E-state index is 12.4. The number of ether oxygens (including phenoxy) is 2. The zero-order valence-corrected chi connectivity index (χ0v) is 27.8. The van der Waals surface area contributed by atoms with E-state index >= 15 is 0 Å². The van der Waals surface area contributed by atoms with Crippen molar-refractivity contribution in [1.82, 2.24) is 0 Å². The number of carboxylic acids is 1. The number of allylic oxidation sites excluding steroid dienone is 3. The molecule has 0 aromatic heterocycles. The molecule has 5 nitrogen and oxygen atoms in total. The molecule has 2 rings (SSSR count). The fourth-order valence-electron chi connectivity index (χ4n) is 6.21. The Balaban J connectivity index is 2.10. The lowest BCUT2D eigenvalue weighted by molar-refractivity contribution is -0.166. The third-order valence-corrected chi connectivity index (χ3v) is 13.2. The van der Waals surface area contributed by atoms with Gasteiger partial charge in [-0.15, -0.1) is 0 Å². The molecule has 1 fully saturated rings. The van der Waals surface area contributed by atoms with Crippen molar-refractivity contribution < 1.29 is 23.8 Å². The first kappa shape index (κ1) is 34.2. The van der Waals surface area contributed by atoms with Crippen molar-refractivity contribution >= 4 is 14.3 Å². The van der Waals surface area contributed by atoms with Gasteiger partial charge in [0.15, 0.2) is 20.2 Å². The molecular formula is C34H54O5Si. The molecule has 40 heavy (non-hydrogen) atoms. The maximum Gasteiger partial charge on any atom is 0.338 e. The van der Waals surface area contributed by atoms with Crippen LogP contribution in [0, 0.1) is 26.7 Å². The van der Waals surface area contributed by atoms with Crippen molar-refractivity contribution in [1.29, 1.82) is 0 Å². The summed E-state index contributed by atoms with van der Waals surface area (Å²) in [7, 11) is -1.69. The highest BCUT2D eigenvalue weighted by Gasteiger charge is 2.49. The smallest absolute Gasteiger partial charge is 0.338 e. The summed E-state index contributed by atoms with van der Waals surface area (Å²) in [5.74, 6) is -0.782. The molecule has 1 saturated heterocycles. The fourth-order valence-corrected chi connectivity index (χ4v) is 9.17. The summed E-state index contributed by atoms with van der Waals surface area (Å²) in [6.07, 6.45) is 5.83. The predicted octanol–water partition coefficient (Wildman–Crippen LogP) is 9.15. The van der Waals surface area contributed by atoms with Crippen LogP contribution in [0.4, 0.5) is 0 Å². The van der Waals surface area contributed by atoms with E-state index in [2.05, 4.69) is 79.3 Å². The Bertz CT molecular complexity index is 1070. The van der Waals surface area contributed by atoms with Gasteiger partial charge in [0.05, 0.1) is 12.7 Å². The second-order valence-electron chi connectivity index (χ2n) is 12.0. The van der Waals surface area contributed by atoms with E-state index < -0.39 is 26.2 Å². The van der Waals surface area contributed by atoms with Crippen molar-refractivity contribution in [2.75, 3.05) is 6.61 Å². The molecule has 0 amide bonds. The molecule has 1 heterocycles. The highest BCUT2D eigenvalue weighted by atomic mass is 28.4. The van der Waals surface area contributed by atoms with Crippen LogP contribution in [0.2, 0.25) is 18.1 Å². The Morgan fingerprint density at radius 2 is 1.73 bits per heavy atom. The standard InChI is InChI=1S/C34H54O5Si/c1-12-30(39-40(13-2,14-3)15-4)27(9)18-24(6)16-23(5)17-26(8)21-34(33(35)36)22-37-32(38-34)31-28(10)19-25(7)20-29(31)11/h17-20,23,30,32H,6,12-16,21-22H2,1-5,7-11H3,(H,35,36)/b26-17+,27-18+/t23-,30-,32-,34-/m0/s1. The molecule has 1 aliphatic rings. The maximum absolute atomic E-state index is 12.4. The van der Waals surface area contributed by atoms with E-state index in [0.29, 0.717) is 0 Å². The molecule has 1 N–H and O–H groups in total. The minimum absolute atomic E-state index is 0.0183. The lowest BCUT2D eigenvalue weighted by Gasteiger charge is -2.33. The number of carbonyl (C=O) groups is 1. The number of aryl methyl sites for hydroxylation is 3. The predicted molar refractivity (Wildman–Crippen MR) is 168 cm³/mol. The van der Waals surface area contributed by atoms with Crippen molar-refractivity contribution in [3.63, 3.8) is 0 Å². The number of hydrogen-bond donors (Lipinski definition) is 1. The van der Waals surface area contributed by atoms with Gasteiger partial charge in [0.25, 0.3) is 0 Å². The summed E-state index contributed by atoms with van der Waals surface area (Å²) >= 11 is 0. The van der Waals surface area contributed by atoms with E-state index in [9.17, 15) is 9.90 Å². The molecule has 1 aromatic rings. The second kappa shape index (κ2) is 14.8. The van der Waals surface area contributed by atoms with Gasteiger partial charge >= 0.3 is 5.97 Å². The van der Waals surface area contributed by atoms with Crippen molar-refractivity contribution in [2.45, 2.75) is 125 Å². The Kier molecular flexibility index (Phi) is 12.6. The van der Waals surface area contributed by atoms with Gasteiger partial charge in [-0.05, 0) is 88.2 Å². The molecule has 1 aliphatic heterocycles. The first-order chi connectivity index (χ1) is 18.7. The lowest BCUT2D eigenvalue weighted by atomic mass is 9.91. The highest BCUT2D eigenvalue weighted by molar-refractivity contribution is 6.73. The Labute approximate surface area is 244 Å². The number of benzene rings is 1. The van der Waals surface area contributed by atoms with Crippen LogP contribution < -0.4 is 0 Å². The Morgan fingerprint density at radius 1 is 1.15 bits per heavy atom. The largest absolute Gasteiger partial charge is 0.479 e. The van der Waals surface area contributed by atoms with Crippen LogP contribution >= 0.6 is 0 Å². The zero-order chi connectivity index (χ0) is 30.3. The van der Waals surface area contributed by atoms with Crippen LogP contribution in [0.1, 0.15) is 96.3 Å². The summed E-state index contributed by atoms with van der Waals surface area (Å²) in [5, 5.41) is 10.2. The molecule has 0 spiro atoms. The van der Waals surface area contributed by atoms with E-state index in [0.717, 1.165) is 64.4 Å². The van der Waals surface area contributed by atoms with Crippen molar-refractivity contribution in [2.24, 2.45) is 5.92 Å². The van der Waals surface area contributed by atoms with Gasteiger partial charge in [0.1, 0.15) is 0 Å². The van der Waals surface area contributed by atoms with Crippen LogP contribution in [0.25, 0.3) is 0 Å². The van der Waals surface area contributed by atoms with Crippen LogP contribution in [-0.2, 0) is 18.7 Å². The Hall–Kier alpha value is -1.99. The van der Waals surface area contributed by atoms with Crippen LogP contribution in [0.5, 0.6) is 0 Å². The molecular weight excluding hydrogens is 516 g/mol. The minimum atomic E-state index is -1.69. The van der Waals surface area contributed by atoms with E-state index in [1.54, 1.807) is 0 Å². The zero-order valence-electron chi connectivity index (χ0n) is 26.8. The first-order valence-corrected chi connectivity index (χ1v) is 17.6. The monoisotopic (exact) mass is 570 g/mol. The quantitative estimate of drug-likeness (QED) is 0.129. The van der Waals surface area contributed by atoms with Gasteiger partial charge in [-0.1, -0.05) is 82.2 Å².